The molecule has 51 heavy (non-hydrogen) atoms. The van der Waals surface area contributed by atoms with Crippen LogP contribution in [0.25, 0.3) is 0 Å². The van der Waals surface area contributed by atoms with Crippen LogP contribution in [-0.2, 0) is 23.8 Å². The van der Waals surface area contributed by atoms with Gasteiger partial charge in [0.25, 0.3) is 0 Å². The molecule has 0 radical (unpaired) electrons. The van der Waals surface area contributed by atoms with E-state index in [0.29, 0.717) is 11.3 Å². The topological polar surface area (TPSA) is 177 Å². The molecule has 3 aromatic rings. The number of carbonyl (C=O) groups excluding carboxylic acids is 3. The third-order valence-corrected chi connectivity index (χ3v) is 7.36. The second kappa shape index (κ2) is 17.7. The summed E-state index contributed by atoms with van der Waals surface area (Å²) in [6, 6.07) is 24.3. The maximum Gasteiger partial charge on any atom is 0.410 e. The lowest BCUT2D eigenvalue weighted by molar-refractivity contribution is -0.163. The third-order valence-electron chi connectivity index (χ3n) is 7.36. The summed E-state index contributed by atoms with van der Waals surface area (Å²) in [7, 11) is 0. The highest BCUT2D eigenvalue weighted by atomic mass is 16.7. The van der Waals surface area contributed by atoms with Gasteiger partial charge in [0.1, 0.15) is 29.4 Å². The number of nitrogens with one attached hydrogen (secondary N) is 1. The molecule has 1 saturated heterocycles. The number of aliphatic imine (C=N–C) groups is 1. The zero-order valence-corrected chi connectivity index (χ0v) is 29.3. The van der Waals surface area contributed by atoms with Crippen molar-refractivity contribution in [1.29, 1.82) is 0 Å². The Morgan fingerprint density at radius 2 is 1.39 bits per heavy atom. The molecule has 1 aliphatic rings. The highest BCUT2D eigenvalue weighted by Crippen LogP contribution is 2.27. The number of likely N-dealkylation sites (tertiary alicyclic amines) is 1. The smallest absolute Gasteiger partial charge is 0.410 e. The number of hydrogen-bond acceptors (Lipinski definition) is 10. The highest BCUT2D eigenvalue weighted by molar-refractivity contribution is 5.97. The van der Waals surface area contributed by atoms with Crippen molar-refractivity contribution in [2.45, 2.75) is 84.5 Å². The third kappa shape index (κ3) is 12.3. The number of nitrogens with two attached hydrogens (primary N) is 2. The van der Waals surface area contributed by atoms with Crippen molar-refractivity contribution in [2.75, 3.05) is 19.7 Å². The van der Waals surface area contributed by atoms with Crippen molar-refractivity contribution in [1.82, 2.24) is 10.2 Å². The number of amidine groups is 1. The first-order valence-electron chi connectivity index (χ1n) is 16.3. The zero-order chi connectivity index (χ0) is 36.5. The Morgan fingerprint density at radius 1 is 0.843 bits per heavy atom. The van der Waals surface area contributed by atoms with Crippen LogP contribution in [0.15, 0.2) is 89.9 Å². The van der Waals surface area contributed by atoms with E-state index in [9.17, 15) is 14.4 Å². The van der Waals surface area contributed by atoms with E-state index in [1.807, 2.05) is 60.7 Å². The zero-order valence-electron chi connectivity index (χ0n) is 29.3. The lowest BCUT2D eigenvalue weighted by Gasteiger charge is -2.24. The minimum atomic E-state index is -1.21. The molecule has 13 heteroatoms. The molecule has 13 nitrogen and oxygen atoms in total. The summed E-state index contributed by atoms with van der Waals surface area (Å²) in [5, 5.41) is 2.82. The van der Waals surface area contributed by atoms with Gasteiger partial charge < -0.3 is 34.9 Å². The molecule has 0 aliphatic carbocycles. The van der Waals surface area contributed by atoms with E-state index in [1.165, 1.54) is 4.90 Å². The fourth-order valence-electron chi connectivity index (χ4n) is 5.08. The summed E-state index contributed by atoms with van der Waals surface area (Å²) < 4.78 is 22.6. The largest absolute Gasteiger partial charge is 0.490 e. The molecule has 1 aliphatic heterocycles. The van der Waals surface area contributed by atoms with Crippen LogP contribution in [0.2, 0.25) is 0 Å². The van der Waals surface area contributed by atoms with Crippen LogP contribution < -0.4 is 21.7 Å². The number of hydrogen-bond donors (Lipinski definition) is 3. The molecule has 2 amide bonds. The maximum atomic E-state index is 13.1. The van der Waals surface area contributed by atoms with Crippen molar-refractivity contribution in [2.24, 2.45) is 16.6 Å². The molecule has 1 heterocycles. The van der Waals surface area contributed by atoms with Crippen LogP contribution in [0.1, 0.15) is 71.8 Å². The van der Waals surface area contributed by atoms with Crippen LogP contribution >= 0.6 is 0 Å². The van der Waals surface area contributed by atoms with E-state index >= 15 is 0 Å². The molecule has 0 bridgehead atoms. The van der Waals surface area contributed by atoms with E-state index in [4.69, 9.17) is 35.4 Å². The van der Waals surface area contributed by atoms with Crippen LogP contribution in [0, 0.1) is 0 Å². The van der Waals surface area contributed by atoms with Gasteiger partial charge in [0, 0.05) is 18.7 Å². The van der Waals surface area contributed by atoms with E-state index in [0.717, 1.165) is 11.1 Å². The molecule has 0 saturated carbocycles. The molecular weight excluding hydrogens is 654 g/mol. The average Bonchev–Trinajstić information content (AvgIpc) is 3.45. The Bertz CT molecular complexity index is 1570. The van der Waals surface area contributed by atoms with Gasteiger partial charge in [-0.1, -0.05) is 68.1 Å². The number of nitrogens with zero attached hydrogens (tertiary/aromatic N) is 2. The van der Waals surface area contributed by atoms with Crippen molar-refractivity contribution in [3.05, 3.63) is 102 Å². The van der Waals surface area contributed by atoms with Gasteiger partial charge in [-0.3, -0.25) is 9.83 Å². The summed E-state index contributed by atoms with van der Waals surface area (Å²) in [6.45, 7) is 10.7. The monoisotopic (exact) mass is 705 g/mol. The van der Waals surface area contributed by atoms with Crippen molar-refractivity contribution >= 4 is 24.0 Å². The number of rotatable bonds is 11. The number of amides is 2. The summed E-state index contributed by atoms with van der Waals surface area (Å²) in [5.41, 5.74) is 7.15. The lowest BCUT2D eigenvalue weighted by atomic mass is 10.0. The summed E-state index contributed by atoms with van der Waals surface area (Å²) in [6.07, 6.45) is -3.03. The van der Waals surface area contributed by atoms with E-state index < -0.39 is 53.6 Å². The molecular formula is C38H51N5O8. The molecule has 3 aromatic carbocycles. The van der Waals surface area contributed by atoms with Gasteiger partial charge in [-0.25, -0.2) is 20.3 Å². The van der Waals surface area contributed by atoms with Gasteiger partial charge in [0.15, 0.2) is 6.10 Å². The Morgan fingerprint density at radius 3 is 1.90 bits per heavy atom. The Kier molecular flexibility index (Phi) is 14.0. The van der Waals surface area contributed by atoms with Crippen LogP contribution in [0.4, 0.5) is 9.59 Å². The van der Waals surface area contributed by atoms with Crippen LogP contribution in [-0.4, -0.2) is 78.0 Å². The Balaban J connectivity index is 0.00000702. The molecule has 1 fully saturated rings. The SMILES string of the molecule is C.CC(C)(C)OC(=O)NC1CN(C(=O)OC(C)(C)C)CC1N=C(N)c1ccc(OC[C@H](ON)C(=O)OC(c2ccccc2)c2ccccc2)cc1. The maximum absolute atomic E-state index is 13.1. The number of carbonyl (C=O) groups is 3. The number of esters is 1. The fraction of sp³-hybridized carbons (Fsp3) is 0.421. The van der Waals surface area contributed by atoms with Crippen molar-refractivity contribution in [3.63, 3.8) is 0 Å². The van der Waals surface area contributed by atoms with Crippen molar-refractivity contribution in [3.8, 4) is 5.75 Å². The first-order chi connectivity index (χ1) is 23.6. The number of ether oxygens (including phenoxy) is 4. The normalized spacial score (nSPS) is 16.9. The average molecular weight is 706 g/mol. The van der Waals surface area contributed by atoms with E-state index in [1.54, 1.807) is 65.8 Å². The summed E-state index contributed by atoms with van der Waals surface area (Å²) in [5.74, 6) is 5.39. The summed E-state index contributed by atoms with van der Waals surface area (Å²) in [4.78, 5) is 49.7. The molecule has 3 atom stereocenters. The van der Waals surface area contributed by atoms with Gasteiger partial charge in [0.2, 0.25) is 6.10 Å². The van der Waals surface area contributed by atoms with E-state index in [2.05, 4.69) is 10.3 Å². The molecule has 276 valence electrons. The van der Waals surface area contributed by atoms with Crippen LogP contribution in [0.5, 0.6) is 5.75 Å². The highest BCUT2D eigenvalue weighted by Gasteiger charge is 2.39. The Labute approximate surface area is 300 Å². The molecule has 5 N–H and O–H groups in total. The summed E-state index contributed by atoms with van der Waals surface area (Å²) >= 11 is 0. The molecule has 2 unspecified atom stereocenters. The van der Waals surface area contributed by atoms with Gasteiger partial charge in [-0.2, -0.15) is 0 Å². The second-order valence-corrected chi connectivity index (χ2v) is 13.8. The predicted molar refractivity (Wildman–Crippen MR) is 194 cm³/mol. The molecule has 0 aromatic heterocycles. The first-order valence-corrected chi connectivity index (χ1v) is 16.3. The predicted octanol–water partition coefficient (Wildman–Crippen LogP) is 5.51. The van der Waals surface area contributed by atoms with E-state index in [-0.39, 0.29) is 33.0 Å². The molecule has 4 rings (SSSR count). The van der Waals surface area contributed by atoms with Gasteiger partial charge in [-0.15, -0.1) is 0 Å². The second-order valence-electron chi connectivity index (χ2n) is 13.8. The first kappa shape index (κ1) is 40.3. The van der Waals surface area contributed by atoms with Crippen LogP contribution in [0.3, 0.4) is 0 Å². The standard InChI is InChI=1S/C37H47N5O8.CH4/c1-36(2,3)48-34(44)41-29-22-42(35(45)49-37(4,5)6)21-28(29)40-32(38)26-17-19-27(20-18-26)46-23-30(50-39)33(43)47-31(24-13-9-7-10-14-24)25-15-11-8-12-16-25;/h7-20,28-31H,21-23,39H2,1-6H3,(H2,38,40)(H,41,44);1H4/t28?,29?,30-;/m0./s1. The quantitative estimate of drug-likeness (QED) is 0.0758. The van der Waals surface area contributed by atoms with Gasteiger partial charge >= 0.3 is 18.2 Å². The Hall–Kier alpha value is -5.14. The minimum absolute atomic E-state index is 0. The van der Waals surface area contributed by atoms with Crippen molar-refractivity contribution < 1.29 is 38.2 Å². The lowest BCUT2D eigenvalue weighted by Crippen LogP contribution is -2.45. The molecule has 0 spiro atoms. The van der Waals surface area contributed by atoms with Gasteiger partial charge in [0.05, 0.1) is 12.1 Å². The van der Waals surface area contributed by atoms with Gasteiger partial charge in [-0.05, 0) is 76.9 Å². The minimum Gasteiger partial charge on any atom is -0.490 e. The number of alkyl carbamates (subject to hydrolysis) is 1. The fourth-order valence-corrected chi connectivity index (χ4v) is 5.08. The number of benzene rings is 3.